The SMILES string of the molecule is CCC(CCC(CCN)CC(C)CCCCCC(C)C(C)C)C(C)C. The molecular weight excluding hydrogens is 302 g/mol. The van der Waals surface area contributed by atoms with Crippen molar-refractivity contribution in [3.05, 3.63) is 0 Å². The van der Waals surface area contributed by atoms with Gasteiger partial charge in [0.05, 0.1) is 0 Å². The van der Waals surface area contributed by atoms with Crippen molar-refractivity contribution in [3.8, 4) is 0 Å². The first kappa shape index (κ1) is 25.0. The summed E-state index contributed by atoms with van der Waals surface area (Å²) in [6.07, 6.45) is 13.8. The number of rotatable bonds is 16. The minimum atomic E-state index is 0.828. The van der Waals surface area contributed by atoms with Gasteiger partial charge in [0.2, 0.25) is 0 Å². The first-order valence-corrected chi connectivity index (χ1v) is 11.5. The Balaban J connectivity index is 4.01. The second-order valence-electron chi connectivity index (χ2n) is 9.63. The smallest absolute Gasteiger partial charge is 0.00746 e. The highest BCUT2D eigenvalue weighted by atomic mass is 14.5. The summed E-state index contributed by atoms with van der Waals surface area (Å²) in [7, 11) is 0. The Kier molecular flexibility index (Phi) is 15.0. The van der Waals surface area contributed by atoms with E-state index in [0.29, 0.717) is 0 Å². The van der Waals surface area contributed by atoms with Crippen molar-refractivity contribution in [1.29, 1.82) is 0 Å². The molecule has 1 heteroatoms. The van der Waals surface area contributed by atoms with Crippen LogP contribution in [0.15, 0.2) is 0 Å². The molecule has 0 saturated heterocycles. The van der Waals surface area contributed by atoms with Crippen LogP contribution in [0.1, 0.15) is 113 Å². The van der Waals surface area contributed by atoms with Crippen LogP contribution < -0.4 is 5.73 Å². The molecule has 0 aliphatic heterocycles. The van der Waals surface area contributed by atoms with E-state index in [0.717, 1.165) is 42.1 Å². The monoisotopic (exact) mass is 353 g/mol. The Labute approximate surface area is 160 Å². The fourth-order valence-electron chi connectivity index (χ4n) is 4.23. The lowest BCUT2D eigenvalue weighted by Gasteiger charge is -2.25. The molecule has 0 bridgehead atoms. The first-order valence-electron chi connectivity index (χ1n) is 11.5. The molecule has 1 nitrogen and oxygen atoms in total. The molecule has 0 rings (SSSR count). The van der Waals surface area contributed by atoms with E-state index in [-0.39, 0.29) is 0 Å². The summed E-state index contributed by atoms with van der Waals surface area (Å²) in [6.45, 7) is 17.6. The van der Waals surface area contributed by atoms with Crippen LogP contribution in [0.2, 0.25) is 0 Å². The van der Waals surface area contributed by atoms with Gasteiger partial charge in [0.25, 0.3) is 0 Å². The van der Waals surface area contributed by atoms with Crippen LogP contribution >= 0.6 is 0 Å². The van der Waals surface area contributed by atoms with Crippen LogP contribution in [-0.4, -0.2) is 6.54 Å². The Hall–Kier alpha value is -0.0400. The maximum absolute atomic E-state index is 5.90. The second-order valence-corrected chi connectivity index (χ2v) is 9.63. The molecule has 0 saturated carbocycles. The summed E-state index contributed by atoms with van der Waals surface area (Å²) in [5.41, 5.74) is 5.90. The standard InChI is InChI=1S/C24H51N/c1-8-24(20(4)5)15-14-23(16-17-25)18-21(6)12-10-9-11-13-22(7)19(2)3/h19-24H,8-18,25H2,1-7H3. The van der Waals surface area contributed by atoms with E-state index in [9.17, 15) is 0 Å². The molecule has 0 radical (unpaired) electrons. The Morgan fingerprint density at radius 3 is 1.84 bits per heavy atom. The van der Waals surface area contributed by atoms with Crippen LogP contribution in [0, 0.1) is 35.5 Å². The van der Waals surface area contributed by atoms with Crippen LogP contribution in [0.3, 0.4) is 0 Å². The summed E-state index contributed by atoms with van der Waals surface area (Å²) in [4.78, 5) is 0. The average Bonchev–Trinajstić information content (AvgIpc) is 2.54. The highest BCUT2D eigenvalue weighted by molar-refractivity contribution is 4.69. The average molecular weight is 354 g/mol. The summed E-state index contributed by atoms with van der Waals surface area (Å²) in [5.74, 6) is 5.19. The Bertz CT molecular complexity index is 284. The van der Waals surface area contributed by atoms with E-state index < -0.39 is 0 Å². The molecule has 0 aliphatic carbocycles. The zero-order chi connectivity index (χ0) is 19.2. The maximum Gasteiger partial charge on any atom is -0.00746 e. The van der Waals surface area contributed by atoms with Crippen molar-refractivity contribution in [2.24, 2.45) is 41.2 Å². The predicted octanol–water partition coefficient (Wildman–Crippen LogP) is 7.68. The van der Waals surface area contributed by atoms with Crippen molar-refractivity contribution >= 4 is 0 Å². The minimum Gasteiger partial charge on any atom is -0.330 e. The quantitative estimate of drug-likeness (QED) is 0.283. The summed E-state index contributed by atoms with van der Waals surface area (Å²) in [5, 5.41) is 0. The highest BCUT2D eigenvalue weighted by Crippen LogP contribution is 2.29. The van der Waals surface area contributed by atoms with Gasteiger partial charge in [0, 0.05) is 0 Å². The van der Waals surface area contributed by atoms with Gasteiger partial charge in [-0.15, -0.1) is 0 Å². The third kappa shape index (κ3) is 12.9. The van der Waals surface area contributed by atoms with Crippen molar-refractivity contribution in [2.75, 3.05) is 6.54 Å². The van der Waals surface area contributed by atoms with Gasteiger partial charge in [-0.1, -0.05) is 93.4 Å². The molecule has 0 heterocycles. The first-order chi connectivity index (χ1) is 11.8. The van der Waals surface area contributed by atoms with Gasteiger partial charge in [-0.05, 0) is 61.3 Å². The summed E-state index contributed by atoms with van der Waals surface area (Å²) in [6, 6.07) is 0. The molecule has 0 aromatic carbocycles. The van der Waals surface area contributed by atoms with E-state index in [1.807, 2.05) is 0 Å². The topological polar surface area (TPSA) is 26.0 Å². The second kappa shape index (κ2) is 15.1. The van der Waals surface area contributed by atoms with Gasteiger partial charge in [0.15, 0.2) is 0 Å². The number of unbranched alkanes of at least 4 members (excludes halogenated alkanes) is 2. The fraction of sp³-hybridized carbons (Fsp3) is 1.00. The van der Waals surface area contributed by atoms with Crippen molar-refractivity contribution in [2.45, 2.75) is 113 Å². The molecule has 0 aromatic heterocycles. The molecule has 4 unspecified atom stereocenters. The van der Waals surface area contributed by atoms with Gasteiger partial charge in [-0.3, -0.25) is 0 Å². The minimum absolute atomic E-state index is 0.828. The van der Waals surface area contributed by atoms with E-state index in [4.69, 9.17) is 5.73 Å². The predicted molar refractivity (Wildman–Crippen MR) is 116 cm³/mol. The van der Waals surface area contributed by atoms with Gasteiger partial charge in [-0.2, -0.15) is 0 Å². The van der Waals surface area contributed by atoms with E-state index in [2.05, 4.69) is 48.5 Å². The molecule has 4 atom stereocenters. The number of hydrogen-bond acceptors (Lipinski definition) is 1. The van der Waals surface area contributed by atoms with Crippen LogP contribution in [0.5, 0.6) is 0 Å². The van der Waals surface area contributed by atoms with E-state index >= 15 is 0 Å². The third-order valence-electron chi connectivity index (χ3n) is 6.72. The molecule has 0 aromatic rings. The Morgan fingerprint density at radius 2 is 1.32 bits per heavy atom. The molecular formula is C24H51N. The normalized spacial score (nSPS) is 17.0. The highest BCUT2D eigenvalue weighted by Gasteiger charge is 2.17. The van der Waals surface area contributed by atoms with Crippen LogP contribution in [0.4, 0.5) is 0 Å². The third-order valence-corrected chi connectivity index (χ3v) is 6.72. The van der Waals surface area contributed by atoms with Gasteiger partial charge in [-0.25, -0.2) is 0 Å². The lowest BCUT2D eigenvalue weighted by molar-refractivity contribution is 0.274. The van der Waals surface area contributed by atoms with Gasteiger partial charge >= 0.3 is 0 Å². The molecule has 152 valence electrons. The van der Waals surface area contributed by atoms with Crippen molar-refractivity contribution in [1.82, 2.24) is 0 Å². The van der Waals surface area contributed by atoms with Gasteiger partial charge < -0.3 is 5.73 Å². The molecule has 0 aliphatic rings. The largest absolute Gasteiger partial charge is 0.330 e. The summed E-state index contributed by atoms with van der Waals surface area (Å²) >= 11 is 0. The van der Waals surface area contributed by atoms with Crippen molar-refractivity contribution < 1.29 is 0 Å². The summed E-state index contributed by atoms with van der Waals surface area (Å²) < 4.78 is 0. The zero-order valence-corrected chi connectivity index (χ0v) is 18.8. The van der Waals surface area contributed by atoms with E-state index in [1.165, 1.54) is 64.2 Å². The zero-order valence-electron chi connectivity index (χ0n) is 18.8. The van der Waals surface area contributed by atoms with Crippen LogP contribution in [0.25, 0.3) is 0 Å². The maximum atomic E-state index is 5.90. The molecule has 25 heavy (non-hydrogen) atoms. The molecule has 2 N–H and O–H groups in total. The van der Waals surface area contributed by atoms with Crippen molar-refractivity contribution in [3.63, 3.8) is 0 Å². The fourth-order valence-corrected chi connectivity index (χ4v) is 4.23. The number of hydrogen-bond donors (Lipinski definition) is 1. The van der Waals surface area contributed by atoms with E-state index in [1.54, 1.807) is 0 Å². The lowest BCUT2D eigenvalue weighted by atomic mass is 9.81. The Morgan fingerprint density at radius 1 is 0.680 bits per heavy atom. The molecule has 0 fully saturated rings. The van der Waals surface area contributed by atoms with Crippen LogP contribution in [-0.2, 0) is 0 Å². The lowest BCUT2D eigenvalue weighted by Crippen LogP contribution is -2.15. The molecule has 0 amide bonds. The van der Waals surface area contributed by atoms with Gasteiger partial charge in [0.1, 0.15) is 0 Å². The molecule has 0 spiro atoms. The number of nitrogens with two attached hydrogens (primary N) is 1.